The molecule has 102 valence electrons. The second-order valence-corrected chi connectivity index (χ2v) is 4.77. The Bertz CT molecular complexity index is 807. The van der Waals surface area contributed by atoms with Gasteiger partial charge in [0.25, 0.3) is 0 Å². The smallest absolute Gasteiger partial charge is 0.358 e. The van der Waals surface area contributed by atoms with Crippen molar-refractivity contribution in [2.24, 2.45) is 0 Å². The van der Waals surface area contributed by atoms with Gasteiger partial charge >= 0.3 is 5.97 Å². The molecule has 0 aliphatic carbocycles. The normalized spacial score (nSPS) is 11.1. The number of carboxylic acids is 1. The Kier molecular flexibility index (Phi) is 2.90. The van der Waals surface area contributed by atoms with E-state index in [0.717, 1.165) is 11.3 Å². The first-order valence-corrected chi connectivity index (χ1v) is 6.19. The molecule has 3 aromatic rings. The fourth-order valence-corrected chi connectivity index (χ4v) is 2.12. The minimum absolute atomic E-state index is 0.0446. The number of carboxylic acid groups (broad SMARTS) is 1. The zero-order valence-corrected chi connectivity index (χ0v) is 11.2. The molecule has 0 amide bonds. The number of aromatic nitrogens is 5. The quantitative estimate of drug-likeness (QED) is 0.793. The summed E-state index contributed by atoms with van der Waals surface area (Å²) in [4.78, 5) is 15.3. The molecule has 0 atom stereocenters. The summed E-state index contributed by atoms with van der Waals surface area (Å²) < 4.78 is 3.31. The lowest BCUT2D eigenvalue weighted by Gasteiger charge is -1.99. The predicted octanol–water partition coefficient (Wildman–Crippen LogP) is 1.63. The average molecular weight is 292 g/mol. The van der Waals surface area contributed by atoms with Crippen LogP contribution in [0.25, 0.3) is 5.65 Å². The molecule has 3 aromatic heterocycles. The van der Waals surface area contributed by atoms with Gasteiger partial charge in [-0.15, -0.1) is 5.10 Å². The van der Waals surface area contributed by atoms with Crippen molar-refractivity contribution in [1.82, 2.24) is 24.4 Å². The Hall–Kier alpha value is -2.41. The predicted molar refractivity (Wildman–Crippen MR) is 71.0 cm³/mol. The molecule has 0 fully saturated rings. The fourth-order valence-electron chi connectivity index (χ4n) is 1.95. The van der Waals surface area contributed by atoms with E-state index < -0.39 is 5.97 Å². The van der Waals surface area contributed by atoms with Crippen LogP contribution in [0.3, 0.4) is 0 Å². The lowest BCUT2D eigenvalue weighted by Crippen LogP contribution is -2.06. The van der Waals surface area contributed by atoms with Crippen LogP contribution in [0.1, 0.15) is 21.9 Å². The Balaban J connectivity index is 1.95. The number of hydrogen-bond acceptors (Lipinski definition) is 4. The molecule has 0 aliphatic rings. The standard InChI is InChI=1S/C12H10ClN5O2/c1-7-11(12(19)20)15-16-18(7)6-9-5-17-4-8(13)2-3-10(17)14-9/h2-5H,6H2,1H3,(H,19,20). The monoisotopic (exact) mass is 291 g/mol. The first-order valence-electron chi connectivity index (χ1n) is 5.81. The van der Waals surface area contributed by atoms with Gasteiger partial charge in [-0.05, 0) is 19.1 Å². The molecule has 1 N–H and O–H groups in total. The van der Waals surface area contributed by atoms with Gasteiger partial charge in [-0.2, -0.15) is 0 Å². The molecule has 0 aliphatic heterocycles. The highest BCUT2D eigenvalue weighted by Crippen LogP contribution is 2.13. The SMILES string of the molecule is Cc1c(C(=O)O)nnn1Cc1cn2cc(Cl)ccc2n1. The van der Waals surface area contributed by atoms with Crippen molar-refractivity contribution in [3.05, 3.63) is 46.6 Å². The topological polar surface area (TPSA) is 85.3 Å². The van der Waals surface area contributed by atoms with Crippen molar-refractivity contribution >= 4 is 23.2 Å². The van der Waals surface area contributed by atoms with Gasteiger partial charge in [0, 0.05) is 12.4 Å². The summed E-state index contributed by atoms with van der Waals surface area (Å²) in [7, 11) is 0. The lowest BCUT2D eigenvalue weighted by atomic mass is 10.3. The molecule has 0 unspecified atom stereocenters. The van der Waals surface area contributed by atoms with Crippen LogP contribution in [0.5, 0.6) is 0 Å². The summed E-state index contributed by atoms with van der Waals surface area (Å²) in [5, 5.41) is 17.0. The van der Waals surface area contributed by atoms with Crippen LogP contribution in [0.2, 0.25) is 5.02 Å². The average Bonchev–Trinajstić information content (AvgIpc) is 2.93. The van der Waals surface area contributed by atoms with E-state index in [1.54, 1.807) is 19.2 Å². The van der Waals surface area contributed by atoms with Crippen molar-refractivity contribution < 1.29 is 9.90 Å². The maximum Gasteiger partial charge on any atom is 0.358 e. The van der Waals surface area contributed by atoms with E-state index in [9.17, 15) is 4.79 Å². The molecule has 0 saturated carbocycles. The molecule has 0 radical (unpaired) electrons. The largest absolute Gasteiger partial charge is 0.476 e. The van der Waals surface area contributed by atoms with Crippen molar-refractivity contribution in [3.63, 3.8) is 0 Å². The number of nitrogens with zero attached hydrogens (tertiary/aromatic N) is 5. The number of rotatable bonds is 3. The van der Waals surface area contributed by atoms with Crippen LogP contribution in [-0.2, 0) is 6.54 Å². The molecule has 0 aromatic carbocycles. The van der Waals surface area contributed by atoms with E-state index in [1.807, 2.05) is 16.7 Å². The van der Waals surface area contributed by atoms with Gasteiger partial charge in [0.15, 0.2) is 5.69 Å². The number of pyridine rings is 1. The number of fused-ring (bicyclic) bond motifs is 1. The molecule has 3 heterocycles. The van der Waals surface area contributed by atoms with E-state index in [2.05, 4.69) is 15.3 Å². The molecule has 0 bridgehead atoms. The van der Waals surface area contributed by atoms with Crippen molar-refractivity contribution in [3.8, 4) is 0 Å². The van der Waals surface area contributed by atoms with E-state index in [0.29, 0.717) is 17.3 Å². The second kappa shape index (κ2) is 4.61. The molecule has 0 saturated heterocycles. The Morgan fingerprint density at radius 3 is 2.90 bits per heavy atom. The van der Waals surface area contributed by atoms with E-state index >= 15 is 0 Å². The summed E-state index contributed by atoms with van der Waals surface area (Å²) in [6.45, 7) is 2.02. The van der Waals surface area contributed by atoms with Crippen molar-refractivity contribution in [2.75, 3.05) is 0 Å². The second-order valence-electron chi connectivity index (χ2n) is 4.33. The van der Waals surface area contributed by atoms with Crippen LogP contribution < -0.4 is 0 Å². The van der Waals surface area contributed by atoms with Gasteiger partial charge in [-0.25, -0.2) is 14.5 Å². The number of hydrogen-bond donors (Lipinski definition) is 1. The highest BCUT2D eigenvalue weighted by Gasteiger charge is 2.15. The van der Waals surface area contributed by atoms with Gasteiger partial charge < -0.3 is 9.51 Å². The van der Waals surface area contributed by atoms with Gasteiger partial charge in [0.1, 0.15) is 5.65 Å². The third-order valence-corrected chi connectivity index (χ3v) is 3.19. The summed E-state index contributed by atoms with van der Waals surface area (Å²) in [6, 6.07) is 3.57. The minimum Gasteiger partial charge on any atom is -0.476 e. The van der Waals surface area contributed by atoms with Crippen LogP contribution in [0.4, 0.5) is 0 Å². The first kappa shape index (κ1) is 12.6. The maximum atomic E-state index is 10.9. The first-order chi connectivity index (χ1) is 9.54. The molecular weight excluding hydrogens is 282 g/mol. The van der Waals surface area contributed by atoms with Gasteiger partial charge in [-0.3, -0.25) is 0 Å². The summed E-state index contributed by atoms with van der Waals surface area (Å²) in [5.74, 6) is -1.09. The van der Waals surface area contributed by atoms with Crippen molar-refractivity contribution in [2.45, 2.75) is 13.5 Å². The Morgan fingerprint density at radius 2 is 2.20 bits per heavy atom. The zero-order valence-electron chi connectivity index (χ0n) is 10.5. The third-order valence-electron chi connectivity index (χ3n) is 2.96. The van der Waals surface area contributed by atoms with Gasteiger partial charge in [-0.1, -0.05) is 16.8 Å². The van der Waals surface area contributed by atoms with Crippen LogP contribution in [-0.4, -0.2) is 35.5 Å². The van der Waals surface area contributed by atoms with Crippen LogP contribution in [0.15, 0.2) is 24.5 Å². The van der Waals surface area contributed by atoms with Crippen molar-refractivity contribution in [1.29, 1.82) is 0 Å². The Labute approximate surface area is 118 Å². The summed E-state index contributed by atoms with van der Waals surface area (Å²) in [5.41, 5.74) is 1.96. The summed E-state index contributed by atoms with van der Waals surface area (Å²) in [6.07, 6.45) is 3.58. The Morgan fingerprint density at radius 1 is 1.40 bits per heavy atom. The maximum absolute atomic E-state index is 10.9. The molecule has 20 heavy (non-hydrogen) atoms. The lowest BCUT2D eigenvalue weighted by molar-refractivity contribution is 0.0689. The number of carbonyl (C=O) groups is 1. The zero-order chi connectivity index (χ0) is 14.3. The van der Waals surface area contributed by atoms with E-state index in [4.69, 9.17) is 16.7 Å². The highest BCUT2D eigenvalue weighted by atomic mass is 35.5. The fraction of sp³-hybridized carbons (Fsp3) is 0.167. The molecule has 3 rings (SSSR count). The molecule has 8 heteroatoms. The van der Waals surface area contributed by atoms with Crippen LogP contribution >= 0.6 is 11.6 Å². The molecule has 0 spiro atoms. The minimum atomic E-state index is -1.09. The highest BCUT2D eigenvalue weighted by molar-refractivity contribution is 6.30. The number of imidazole rings is 1. The third kappa shape index (κ3) is 2.12. The van der Waals surface area contributed by atoms with E-state index in [1.165, 1.54) is 4.68 Å². The molecular formula is C12H10ClN5O2. The summed E-state index contributed by atoms with van der Waals surface area (Å²) >= 11 is 5.91. The van der Waals surface area contributed by atoms with Crippen LogP contribution in [0, 0.1) is 6.92 Å². The van der Waals surface area contributed by atoms with Gasteiger partial charge in [0.2, 0.25) is 0 Å². The number of halogens is 1. The van der Waals surface area contributed by atoms with E-state index in [-0.39, 0.29) is 5.69 Å². The van der Waals surface area contributed by atoms with Gasteiger partial charge in [0.05, 0.1) is 23.0 Å². The molecule has 7 nitrogen and oxygen atoms in total. The number of aromatic carboxylic acids is 1.